The van der Waals surface area contributed by atoms with Crippen LogP contribution in [0.25, 0.3) is 0 Å². The quantitative estimate of drug-likeness (QED) is 0.757. The van der Waals surface area contributed by atoms with Gasteiger partial charge in [-0.2, -0.15) is 5.10 Å². The van der Waals surface area contributed by atoms with Crippen LogP contribution in [0.4, 0.5) is 0 Å². The maximum absolute atomic E-state index is 11.9. The van der Waals surface area contributed by atoms with Crippen molar-refractivity contribution in [2.24, 2.45) is 11.3 Å². The molecule has 6 nitrogen and oxygen atoms in total. The molecule has 1 unspecified atom stereocenters. The SMILES string of the molecule is CC(Cn1cncn1)C(=O)NCC1(CO)CCC1. The second kappa shape index (κ2) is 5.48. The van der Waals surface area contributed by atoms with Gasteiger partial charge in [0.25, 0.3) is 0 Å². The van der Waals surface area contributed by atoms with Crippen molar-refractivity contribution in [3.63, 3.8) is 0 Å². The lowest BCUT2D eigenvalue weighted by Crippen LogP contribution is -2.46. The van der Waals surface area contributed by atoms with Gasteiger partial charge in [0.05, 0.1) is 19.1 Å². The molecule has 1 aliphatic rings. The molecular formula is C12H20N4O2. The first-order valence-corrected chi connectivity index (χ1v) is 6.36. The molecule has 0 spiro atoms. The topological polar surface area (TPSA) is 80.0 Å². The third-order valence-electron chi connectivity index (χ3n) is 3.76. The molecule has 1 heterocycles. The molecule has 18 heavy (non-hydrogen) atoms. The van der Waals surface area contributed by atoms with Crippen LogP contribution in [0.1, 0.15) is 26.2 Å². The highest BCUT2D eigenvalue weighted by Gasteiger charge is 2.36. The van der Waals surface area contributed by atoms with Crippen LogP contribution in [0.5, 0.6) is 0 Å². The van der Waals surface area contributed by atoms with Gasteiger partial charge in [0, 0.05) is 12.0 Å². The number of rotatable bonds is 6. The summed E-state index contributed by atoms with van der Waals surface area (Å²) in [5, 5.41) is 16.2. The van der Waals surface area contributed by atoms with E-state index in [1.807, 2.05) is 6.92 Å². The lowest BCUT2D eigenvalue weighted by atomic mass is 9.69. The Morgan fingerprint density at radius 3 is 2.89 bits per heavy atom. The van der Waals surface area contributed by atoms with Crippen LogP contribution >= 0.6 is 0 Å². The molecule has 1 aromatic heterocycles. The first kappa shape index (κ1) is 13.0. The van der Waals surface area contributed by atoms with Gasteiger partial charge in [0.2, 0.25) is 5.91 Å². The summed E-state index contributed by atoms with van der Waals surface area (Å²) < 4.78 is 1.65. The average molecular weight is 252 g/mol. The van der Waals surface area contributed by atoms with Crippen LogP contribution < -0.4 is 5.32 Å². The molecule has 6 heteroatoms. The van der Waals surface area contributed by atoms with Crippen molar-refractivity contribution in [1.29, 1.82) is 0 Å². The van der Waals surface area contributed by atoms with Crippen molar-refractivity contribution >= 4 is 5.91 Å². The van der Waals surface area contributed by atoms with Crippen molar-refractivity contribution in [3.05, 3.63) is 12.7 Å². The Bertz CT molecular complexity index is 381. The van der Waals surface area contributed by atoms with E-state index in [1.54, 1.807) is 11.0 Å². The second-order valence-electron chi connectivity index (χ2n) is 5.25. The van der Waals surface area contributed by atoms with E-state index >= 15 is 0 Å². The van der Waals surface area contributed by atoms with Gasteiger partial charge in [0.15, 0.2) is 0 Å². The second-order valence-corrected chi connectivity index (χ2v) is 5.25. The molecule has 1 aliphatic carbocycles. The number of aromatic nitrogens is 3. The highest BCUT2D eigenvalue weighted by Crippen LogP contribution is 2.39. The molecule has 1 saturated carbocycles. The van der Waals surface area contributed by atoms with E-state index in [2.05, 4.69) is 15.4 Å². The summed E-state index contributed by atoms with van der Waals surface area (Å²) in [6.07, 6.45) is 6.21. The van der Waals surface area contributed by atoms with E-state index in [1.165, 1.54) is 6.33 Å². The monoisotopic (exact) mass is 252 g/mol. The van der Waals surface area contributed by atoms with Crippen LogP contribution in [-0.4, -0.2) is 38.9 Å². The van der Waals surface area contributed by atoms with Crippen molar-refractivity contribution in [2.75, 3.05) is 13.2 Å². The molecule has 0 radical (unpaired) electrons. The van der Waals surface area contributed by atoms with Gasteiger partial charge in [-0.1, -0.05) is 13.3 Å². The normalized spacial score (nSPS) is 19.0. The number of hydrogen-bond donors (Lipinski definition) is 2. The van der Waals surface area contributed by atoms with E-state index in [0.29, 0.717) is 13.1 Å². The van der Waals surface area contributed by atoms with Gasteiger partial charge in [-0.05, 0) is 12.8 Å². The largest absolute Gasteiger partial charge is 0.396 e. The standard InChI is InChI=1S/C12H20N4O2/c1-10(5-16-9-13-8-15-16)11(18)14-6-12(7-17)3-2-4-12/h8-10,17H,2-7H2,1H3,(H,14,18). The zero-order chi connectivity index (χ0) is 13.0. The summed E-state index contributed by atoms with van der Waals surface area (Å²) in [5.41, 5.74) is -0.0668. The summed E-state index contributed by atoms with van der Waals surface area (Å²) in [6.45, 7) is 3.12. The van der Waals surface area contributed by atoms with E-state index in [-0.39, 0.29) is 23.8 Å². The lowest BCUT2D eigenvalue weighted by Gasteiger charge is -2.40. The van der Waals surface area contributed by atoms with Gasteiger partial charge < -0.3 is 10.4 Å². The molecule has 1 fully saturated rings. The molecule has 1 amide bonds. The van der Waals surface area contributed by atoms with E-state index in [9.17, 15) is 9.90 Å². The number of carbonyl (C=O) groups is 1. The number of aliphatic hydroxyl groups excluding tert-OH is 1. The summed E-state index contributed by atoms with van der Waals surface area (Å²) in [7, 11) is 0. The van der Waals surface area contributed by atoms with Crippen molar-refractivity contribution in [1.82, 2.24) is 20.1 Å². The molecule has 100 valence electrons. The number of nitrogens with one attached hydrogen (secondary N) is 1. The fourth-order valence-corrected chi connectivity index (χ4v) is 2.21. The van der Waals surface area contributed by atoms with Crippen molar-refractivity contribution < 1.29 is 9.90 Å². The first-order chi connectivity index (χ1) is 8.65. The summed E-state index contributed by atoms with van der Waals surface area (Å²) in [4.78, 5) is 15.8. The minimum Gasteiger partial charge on any atom is -0.396 e. The highest BCUT2D eigenvalue weighted by molar-refractivity contribution is 5.78. The molecular weight excluding hydrogens is 232 g/mol. The molecule has 0 aliphatic heterocycles. The van der Waals surface area contributed by atoms with Gasteiger partial charge in [-0.15, -0.1) is 0 Å². The molecule has 0 saturated heterocycles. The fraction of sp³-hybridized carbons (Fsp3) is 0.750. The van der Waals surface area contributed by atoms with Gasteiger partial charge in [-0.3, -0.25) is 9.48 Å². The Kier molecular flexibility index (Phi) is 3.96. The number of carbonyl (C=O) groups excluding carboxylic acids is 1. The maximum atomic E-state index is 11.9. The highest BCUT2D eigenvalue weighted by atomic mass is 16.3. The molecule has 0 aromatic carbocycles. The van der Waals surface area contributed by atoms with Gasteiger partial charge >= 0.3 is 0 Å². The molecule has 0 bridgehead atoms. The zero-order valence-electron chi connectivity index (χ0n) is 10.7. The summed E-state index contributed by atoms with van der Waals surface area (Å²) in [6, 6.07) is 0. The molecule has 2 N–H and O–H groups in total. The minimum absolute atomic E-state index is 0.00484. The van der Waals surface area contributed by atoms with Gasteiger partial charge in [-0.25, -0.2) is 4.98 Å². The Hall–Kier alpha value is -1.43. The average Bonchev–Trinajstić information content (AvgIpc) is 2.80. The Morgan fingerprint density at radius 2 is 2.39 bits per heavy atom. The smallest absolute Gasteiger partial charge is 0.224 e. The number of aliphatic hydroxyl groups is 1. The number of nitrogens with zero attached hydrogens (tertiary/aromatic N) is 3. The van der Waals surface area contributed by atoms with Crippen molar-refractivity contribution in [2.45, 2.75) is 32.7 Å². The molecule has 1 aromatic rings. The van der Waals surface area contributed by atoms with E-state index in [0.717, 1.165) is 19.3 Å². The van der Waals surface area contributed by atoms with Crippen molar-refractivity contribution in [3.8, 4) is 0 Å². The molecule has 1 atom stereocenters. The lowest BCUT2D eigenvalue weighted by molar-refractivity contribution is -0.126. The predicted octanol–water partition coefficient (Wildman–Crippen LogP) is 0.193. The molecule has 2 rings (SSSR count). The minimum atomic E-state index is -0.150. The van der Waals surface area contributed by atoms with Crippen LogP contribution in [0.3, 0.4) is 0 Å². The summed E-state index contributed by atoms with van der Waals surface area (Å²) in [5.74, 6) is -0.146. The van der Waals surface area contributed by atoms with Crippen LogP contribution in [0.2, 0.25) is 0 Å². The third-order valence-corrected chi connectivity index (χ3v) is 3.76. The Labute approximate surface area is 106 Å². The Balaban J connectivity index is 1.77. The van der Waals surface area contributed by atoms with Crippen LogP contribution in [-0.2, 0) is 11.3 Å². The number of hydrogen-bond acceptors (Lipinski definition) is 4. The zero-order valence-corrected chi connectivity index (χ0v) is 10.7. The van der Waals surface area contributed by atoms with Crippen LogP contribution in [0.15, 0.2) is 12.7 Å². The van der Waals surface area contributed by atoms with E-state index in [4.69, 9.17) is 0 Å². The fourth-order valence-electron chi connectivity index (χ4n) is 2.21. The number of amides is 1. The maximum Gasteiger partial charge on any atom is 0.224 e. The summed E-state index contributed by atoms with van der Waals surface area (Å²) >= 11 is 0. The first-order valence-electron chi connectivity index (χ1n) is 6.36. The Morgan fingerprint density at radius 1 is 1.61 bits per heavy atom. The van der Waals surface area contributed by atoms with E-state index < -0.39 is 0 Å². The van der Waals surface area contributed by atoms with Gasteiger partial charge in [0.1, 0.15) is 12.7 Å². The third kappa shape index (κ3) is 2.87. The predicted molar refractivity (Wildman–Crippen MR) is 65.6 cm³/mol. The van der Waals surface area contributed by atoms with Crippen LogP contribution in [0, 0.1) is 11.3 Å².